The average Bonchev–Trinajstić information content (AvgIpc) is 3.14. The van der Waals surface area contributed by atoms with E-state index in [1.807, 2.05) is 0 Å². The third-order valence-electron chi connectivity index (χ3n) is 6.03. The molecular weight excluding hydrogens is 369 g/mol. The summed E-state index contributed by atoms with van der Waals surface area (Å²) >= 11 is 0. The molecule has 2 aromatic rings. The van der Waals surface area contributed by atoms with E-state index in [1.54, 1.807) is 0 Å². The Morgan fingerprint density at radius 3 is 2.23 bits per heavy atom. The van der Waals surface area contributed by atoms with Gasteiger partial charge >= 0.3 is 6.18 Å². The summed E-state index contributed by atoms with van der Waals surface area (Å²) in [5.74, 6) is 0.875. The minimum atomic E-state index is -4.46. The molecule has 2 N–H and O–H groups in total. The van der Waals surface area contributed by atoms with E-state index >= 15 is 0 Å². The van der Waals surface area contributed by atoms with Gasteiger partial charge in [-0.15, -0.1) is 12.4 Å². The predicted molar refractivity (Wildman–Crippen MR) is 90.6 cm³/mol. The van der Waals surface area contributed by atoms with Gasteiger partial charge in [-0.2, -0.15) is 18.2 Å². The molecule has 3 saturated carbocycles. The van der Waals surface area contributed by atoms with Crippen molar-refractivity contribution < 1.29 is 17.7 Å². The van der Waals surface area contributed by atoms with Crippen molar-refractivity contribution in [2.75, 3.05) is 6.54 Å². The number of hydrogen-bond donors (Lipinski definition) is 1. The lowest BCUT2D eigenvalue weighted by Crippen LogP contribution is -2.47. The highest BCUT2D eigenvalue weighted by Crippen LogP contribution is 2.57. The van der Waals surface area contributed by atoms with Gasteiger partial charge in [-0.05, 0) is 62.6 Å². The maximum Gasteiger partial charge on any atom is 0.433 e. The van der Waals surface area contributed by atoms with Crippen molar-refractivity contribution in [3.05, 3.63) is 29.9 Å². The van der Waals surface area contributed by atoms with Gasteiger partial charge in [0.15, 0.2) is 0 Å². The van der Waals surface area contributed by atoms with E-state index in [-0.39, 0.29) is 29.1 Å². The van der Waals surface area contributed by atoms with Crippen LogP contribution in [0.25, 0.3) is 11.4 Å². The maximum atomic E-state index is 12.6. The molecule has 3 aliphatic rings. The van der Waals surface area contributed by atoms with Crippen molar-refractivity contribution >= 4 is 12.4 Å². The molecule has 0 unspecified atom stereocenters. The van der Waals surface area contributed by atoms with Crippen molar-refractivity contribution in [1.82, 2.24) is 15.1 Å². The molecule has 3 fully saturated rings. The maximum absolute atomic E-state index is 12.6. The number of aromatic nitrogens is 3. The van der Waals surface area contributed by atoms with Crippen LogP contribution in [-0.4, -0.2) is 21.7 Å². The first kappa shape index (κ1) is 19.1. The summed E-state index contributed by atoms with van der Waals surface area (Å²) in [6.45, 7) is 0.718. The topological polar surface area (TPSA) is 77.8 Å². The van der Waals surface area contributed by atoms with Crippen LogP contribution in [0.4, 0.5) is 13.2 Å². The lowest BCUT2D eigenvalue weighted by molar-refractivity contribution is -0.141. The Bertz CT molecular complexity index is 751. The average molecular weight is 389 g/mol. The standard InChI is InChI=1S/C17H19F3N4O.ClH/c18-17(19,20)12-2-1-11(9-22-12)13-23-14(25-24-13)16-6-3-15(10-21,4-7-16)5-8-16;/h1-2,9H,3-8,10,21H2;1H. The number of hydrogen-bond acceptors (Lipinski definition) is 5. The number of alkyl halides is 3. The molecule has 0 aliphatic heterocycles. The fraction of sp³-hybridized carbons (Fsp3) is 0.588. The number of nitrogens with two attached hydrogens (primary N) is 1. The minimum Gasteiger partial charge on any atom is -0.338 e. The summed E-state index contributed by atoms with van der Waals surface area (Å²) in [6, 6.07) is 2.25. The predicted octanol–water partition coefficient (Wildman–Crippen LogP) is 4.12. The zero-order valence-electron chi connectivity index (χ0n) is 14.1. The quantitative estimate of drug-likeness (QED) is 0.855. The van der Waals surface area contributed by atoms with Gasteiger partial charge in [0, 0.05) is 17.2 Å². The Kier molecular flexibility index (Phi) is 4.77. The second-order valence-electron chi connectivity index (χ2n) is 7.34. The van der Waals surface area contributed by atoms with Crippen molar-refractivity contribution in [2.24, 2.45) is 11.1 Å². The summed E-state index contributed by atoms with van der Waals surface area (Å²) in [5, 5.41) is 3.97. The Labute approximate surface area is 155 Å². The minimum absolute atomic E-state index is 0. The SMILES string of the molecule is Cl.NCC12CCC(c3nc(-c4ccc(C(F)(F)F)nc4)no3)(CC1)CC2. The van der Waals surface area contributed by atoms with Gasteiger partial charge in [-0.3, -0.25) is 4.98 Å². The van der Waals surface area contributed by atoms with E-state index in [1.165, 1.54) is 6.07 Å². The van der Waals surface area contributed by atoms with E-state index in [0.29, 0.717) is 11.5 Å². The highest BCUT2D eigenvalue weighted by Gasteiger charge is 2.51. The lowest BCUT2D eigenvalue weighted by Gasteiger charge is -2.51. The molecule has 5 rings (SSSR count). The Balaban J connectivity index is 0.00000196. The first-order chi connectivity index (χ1) is 11.9. The van der Waals surface area contributed by atoms with E-state index < -0.39 is 11.9 Å². The van der Waals surface area contributed by atoms with Gasteiger partial charge in [0.1, 0.15) is 5.69 Å². The smallest absolute Gasteiger partial charge is 0.338 e. The van der Waals surface area contributed by atoms with Crippen LogP contribution in [0.3, 0.4) is 0 Å². The molecule has 0 amide bonds. The van der Waals surface area contributed by atoms with Crippen LogP contribution in [0.1, 0.15) is 50.1 Å². The van der Waals surface area contributed by atoms with Crippen LogP contribution < -0.4 is 5.73 Å². The molecule has 5 nitrogen and oxygen atoms in total. The highest BCUT2D eigenvalue weighted by atomic mass is 35.5. The summed E-state index contributed by atoms with van der Waals surface area (Å²) in [6.07, 6.45) is 2.76. The molecule has 2 aromatic heterocycles. The number of nitrogens with zero attached hydrogens (tertiary/aromatic N) is 3. The van der Waals surface area contributed by atoms with Crippen LogP contribution in [0.5, 0.6) is 0 Å². The van der Waals surface area contributed by atoms with Crippen molar-refractivity contribution in [1.29, 1.82) is 0 Å². The van der Waals surface area contributed by atoms with Gasteiger partial charge in [-0.25, -0.2) is 0 Å². The fourth-order valence-electron chi connectivity index (χ4n) is 4.14. The molecule has 0 spiro atoms. The van der Waals surface area contributed by atoms with E-state index in [4.69, 9.17) is 10.3 Å². The largest absolute Gasteiger partial charge is 0.433 e. The Hall–Kier alpha value is -1.67. The summed E-state index contributed by atoms with van der Waals surface area (Å²) in [5.41, 5.74) is 5.58. The molecule has 3 aliphatic carbocycles. The molecule has 0 aromatic carbocycles. The molecule has 2 heterocycles. The van der Waals surface area contributed by atoms with Crippen LogP contribution in [0, 0.1) is 5.41 Å². The van der Waals surface area contributed by atoms with Crippen molar-refractivity contribution in [2.45, 2.75) is 50.1 Å². The molecular formula is C17H20ClF3N4O. The third kappa shape index (κ3) is 3.09. The number of fused-ring (bicyclic) bond motifs is 3. The van der Waals surface area contributed by atoms with Gasteiger partial charge in [-0.1, -0.05) is 5.16 Å². The van der Waals surface area contributed by atoms with Gasteiger partial charge < -0.3 is 10.3 Å². The van der Waals surface area contributed by atoms with Crippen LogP contribution in [0.2, 0.25) is 0 Å². The number of pyridine rings is 1. The zero-order chi connectivity index (χ0) is 17.7. The summed E-state index contributed by atoms with van der Waals surface area (Å²) < 4.78 is 43.3. The van der Waals surface area contributed by atoms with Gasteiger partial charge in [0.05, 0.1) is 0 Å². The van der Waals surface area contributed by atoms with Crippen LogP contribution >= 0.6 is 12.4 Å². The summed E-state index contributed by atoms with van der Waals surface area (Å²) in [4.78, 5) is 7.93. The van der Waals surface area contributed by atoms with Gasteiger partial charge in [0.25, 0.3) is 0 Å². The molecule has 0 radical (unpaired) electrons. The van der Waals surface area contributed by atoms with Crippen LogP contribution in [-0.2, 0) is 11.6 Å². The second-order valence-corrected chi connectivity index (χ2v) is 7.34. The van der Waals surface area contributed by atoms with Crippen molar-refractivity contribution in [3.63, 3.8) is 0 Å². The third-order valence-corrected chi connectivity index (χ3v) is 6.03. The van der Waals surface area contributed by atoms with E-state index in [2.05, 4.69) is 15.1 Å². The lowest BCUT2D eigenvalue weighted by atomic mass is 9.53. The zero-order valence-corrected chi connectivity index (χ0v) is 14.9. The number of halogens is 4. The molecule has 26 heavy (non-hydrogen) atoms. The second kappa shape index (κ2) is 6.49. The Morgan fingerprint density at radius 2 is 1.73 bits per heavy atom. The van der Waals surface area contributed by atoms with E-state index in [0.717, 1.165) is 57.3 Å². The first-order valence-corrected chi connectivity index (χ1v) is 8.44. The van der Waals surface area contributed by atoms with Crippen molar-refractivity contribution in [3.8, 4) is 11.4 Å². The summed E-state index contributed by atoms with van der Waals surface area (Å²) in [7, 11) is 0. The fourth-order valence-corrected chi connectivity index (χ4v) is 4.14. The van der Waals surface area contributed by atoms with E-state index in [9.17, 15) is 13.2 Å². The Morgan fingerprint density at radius 1 is 1.08 bits per heavy atom. The molecule has 9 heteroatoms. The highest BCUT2D eigenvalue weighted by molar-refractivity contribution is 5.85. The molecule has 142 valence electrons. The number of rotatable bonds is 3. The molecule has 0 saturated heterocycles. The monoisotopic (exact) mass is 388 g/mol. The molecule has 0 atom stereocenters. The first-order valence-electron chi connectivity index (χ1n) is 8.44. The molecule has 2 bridgehead atoms. The normalized spacial score (nSPS) is 28.0. The van der Waals surface area contributed by atoms with Crippen LogP contribution in [0.15, 0.2) is 22.9 Å². The van der Waals surface area contributed by atoms with Gasteiger partial charge in [0.2, 0.25) is 11.7 Å².